The van der Waals surface area contributed by atoms with Gasteiger partial charge < -0.3 is 0 Å². The summed E-state index contributed by atoms with van der Waals surface area (Å²) in [6.07, 6.45) is 0. The van der Waals surface area contributed by atoms with Crippen LogP contribution in [0.3, 0.4) is 0 Å². The van der Waals surface area contributed by atoms with Gasteiger partial charge in [0.2, 0.25) is 0 Å². The molecule has 0 fully saturated rings. The maximum Gasteiger partial charge on any atom is 0.0187 e. The van der Waals surface area contributed by atoms with Gasteiger partial charge in [0.05, 0.1) is 0 Å². The van der Waals surface area contributed by atoms with Crippen LogP contribution in [0.15, 0.2) is 141 Å². The predicted octanol–water partition coefficient (Wildman–Crippen LogP) is 9.29. The average molecular weight is 437 g/mol. The van der Waals surface area contributed by atoms with Crippen LogP contribution in [0.1, 0.15) is 0 Å². The molecule has 1 heteroatoms. The summed E-state index contributed by atoms with van der Waals surface area (Å²) in [7, 11) is -1.58. The van der Waals surface area contributed by atoms with E-state index >= 15 is 0 Å². The summed E-state index contributed by atoms with van der Waals surface area (Å²) >= 11 is 0. The first-order valence-corrected chi connectivity index (χ1v) is 13.1. The van der Waals surface area contributed by atoms with Gasteiger partial charge in [0.25, 0.3) is 0 Å². The minimum absolute atomic E-state index is 1.35. The Hall–Kier alpha value is -3.81. The molecule has 0 aliphatic carbocycles. The lowest BCUT2D eigenvalue weighted by Gasteiger charge is -2.37. The zero-order chi connectivity index (χ0) is 21.6. The molecule has 2 aliphatic rings. The molecule has 154 valence electrons. The van der Waals surface area contributed by atoms with Gasteiger partial charge in [0.15, 0.2) is 0 Å². The minimum Gasteiger partial charge on any atom is -0.130 e. The summed E-state index contributed by atoms with van der Waals surface area (Å²) in [4.78, 5) is 5.98. The van der Waals surface area contributed by atoms with E-state index in [0.29, 0.717) is 0 Å². The molecule has 0 nitrogen and oxygen atoms in total. The molecule has 0 saturated heterocycles. The van der Waals surface area contributed by atoms with Crippen molar-refractivity contribution in [3.8, 4) is 22.3 Å². The highest BCUT2D eigenvalue weighted by Gasteiger charge is 2.49. The Labute approximate surface area is 194 Å². The maximum atomic E-state index is 2.40. The molecule has 8 rings (SSSR count). The molecule has 0 unspecified atom stereocenters. The van der Waals surface area contributed by atoms with Crippen LogP contribution in [0.5, 0.6) is 0 Å². The third-order valence-corrected chi connectivity index (χ3v) is 11.5. The van der Waals surface area contributed by atoms with E-state index in [0.717, 1.165) is 0 Å². The van der Waals surface area contributed by atoms with E-state index in [1.54, 1.807) is 0 Å². The van der Waals surface area contributed by atoms with Crippen LogP contribution in [0.25, 0.3) is 43.8 Å². The van der Waals surface area contributed by atoms with Gasteiger partial charge >= 0.3 is 0 Å². The summed E-state index contributed by atoms with van der Waals surface area (Å²) in [6.45, 7) is 0. The smallest absolute Gasteiger partial charge is 0.0187 e. The van der Waals surface area contributed by atoms with Crippen molar-refractivity contribution in [3.63, 3.8) is 0 Å². The fraction of sp³-hybridized carbons (Fsp3) is 0. The SMILES string of the molecule is c1ccc2c(c1)-c1ccccc1S21c2ccccc2-c2c1c1ccccc1c1ccccc21. The molecular weight excluding hydrogens is 416 g/mol. The topological polar surface area (TPSA) is 0 Å². The average Bonchev–Trinajstić information content (AvgIpc) is 3.37. The number of fused-ring (bicyclic) bond motifs is 15. The fourth-order valence-corrected chi connectivity index (χ4v) is 11.0. The van der Waals surface area contributed by atoms with Crippen molar-refractivity contribution >= 4 is 31.6 Å². The van der Waals surface area contributed by atoms with Gasteiger partial charge in [-0.3, -0.25) is 0 Å². The molecule has 0 amide bonds. The van der Waals surface area contributed by atoms with Gasteiger partial charge in [-0.1, -0.05) is 103 Å². The molecule has 1 spiro atoms. The van der Waals surface area contributed by atoms with Gasteiger partial charge in [0.1, 0.15) is 0 Å². The van der Waals surface area contributed by atoms with Gasteiger partial charge in [0, 0.05) is 25.1 Å². The number of hydrogen-bond acceptors (Lipinski definition) is 0. The maximum absolute atomic E-state index is 2.40. The quantitative estimate of drug-likeness (QED) is 0.208. The van der Waals surface area contributed by atoms with Crippen molar-refractivity contribution in [2.24, 2.45) is 0 Å². The van der Waals surface area contributed by atoms with Gasteiger partial charge in [-0.2, -0.15) is 0 Å². The Balaban J connectivity index is 1.72. The molecule has 0 N–H and O–H groups in total. The summed E-state index contributed by atoms with van der Waals surface area (Å²) in [6, 6.07) is 45.4. The van der Waals surface area contributed by atoms with E-state index < -0.39 is 10.0 Å². The first-order valence-electron chi connectivity index (χ1n) is 11.5. The Kier molecular flexibility index (Phi) is 3.30. The van der Waals surface area contributed by atoms with Crippen molar-refractivity contribution in [2.75, 3.05) is 0 Å². The second-order valence-electron chi connectivity index (χ2n) is 8.90. The lowest BCUT2D eigenvalue weighted by molar-refractivity contribution is 1.38. The highest BCUT2D eigenvalue weighted by molar-refractivity contribution is 8.34. The summed E-state index contributed by atoms with van der Waals surface area (Å²) in [5.74, 6) is 0. The van der Waals surface area contributed by atoms with Crippen molar-refractivity contribution < 1.29 is 0 Å². The second kappa shape index (κ2) is 6.15. The van der Waals surface area contributed by atoms with Crippen molar-refractivity contribution in [1.29, 1.82) is 0 Å². The molecular formula is C32H20S. The lowest BCUT2D eigenvalue weighted by Crippen LogP contribution is -1.99. The predicted molar refractivity (Wildman–Crippen MR) is 139 cm³/mol. The molecule has 6 aromatic rings. The second-order valence-corrected chi connectivity index (χ2v) is 11.8. The van der Waals surface area contributed by atoms with Crippen LogP contribution < -0.4 is 0 Å². The highest BCUT2D eigenvalue weighted by Crippen LogP contribution is 2.86. The van der Waals surface area contributed by atoms with Crippen LogP contribution in [0.4, 0.5) is 0 Å². The van der Waals surface area contributed by atoms with Crippen LogP contribution in [-0.2, 0) is 0 Å². The van der Waals surface area contributed by atoms with Crippen LogP contribution in [0, 0.1) is 0 Å². The Morgan fingerprint density at radius 3 is 1.33 bits per heavy atom. The Morgan fingerprint density at radius 2 is 0.727 bits per heavy atom. The van der Waals surface area contributed by atoms with Crippen LogP contribution >= 0.6 is 10.0 Å². The minimum atomic E-state index is -1.58. The zero-order valence-electron chi connectivity index (χ0n) is 18.0. The third kappa shape index (κ3) is 1.97. The number of benzene rings is 6. The summed E-state index contributed by atoms with van der Waals surface area (Å²) < 4.78 is 0. The molecule has 2 heterocycles. The highest BCUT2D eigenvalue weighted by atomic mass is 32.3. The van der Waals surface area contributed by atoms with E-state index in [-0.39, 0.29) is 0 Å². The molecule has 0 radical (unpaired) electrons. The largest absolute Gasteiger partial charge is 0.130 e. The fourth-order valence-electron chi connectivity index (χ4n) is 6.23. The molecule has 0 aromatic heterocycles. The van der Waals surface area contributed by atoms with E-state index in [1.807, 2.05) is 0 Å². The Morgan fingerprint density at radius 1 is 0.333 bits per heavy atom. The third-order valence-electron chi connectivity index (χ3n) is 7.40. The number of hydrogen-bond donors (Lipinski definition) is 0. The molecule has 2 aliphatic heterocycles. The summed E-state index contributed by atoms with van der Waals surface area (Å²) in [5.41, 5.74) is 5.61. The normalized spacial score (nSPS) is 15.3. The van der Waals surface area contributed by atoms with Crippen molar-refractivity contribution in [2.45, 2.75) is 19.6 Å². The molecule has 0 atom stereocenters. The standard InChI is InChI=1S/C32H20S/c1-3-15-25-21(11-1)22-12-2-4-16-26(22)32-31(25)27-17-7-10-20-30(27)33(32)28-18-8-5-13-23(28)24-14-6-9-19-29(24)33/h1-20H. The summed E-state index contributed by atoms with van der Waals surface area (Å²) in [5, 5.41) is 5.46. The zero-order valence-corrected chi connectivity index (χ0v) is 18.8. The first-order chi connectivity index (χ1) is 16.4. The van der Waals surface area contributed by atoms with Crippen LogP contribution in [0.2, 0.25) is 0 Å². The van der Waals surface area contributed by atoms with E-state index in [9.17, 15) is 0 Å². The number of rotatable bonds is 0. The Bertz CT molecular complexity index is 1730. The van der Waals surface area contributed by atoms with Crippen molar-refractivity contribution in [1.82, 2.24) is 0 Å². The van der Waals surface area contributed by atoms with Gasteiger partial charge in [-0.15, -0.1) is 10.0 Å². The van der Waals surface area contributed by atoms with Gasteiger partial charge in [-0.25, -0.2) is 0 Å². The molecule has 33 heavy (non-hydrogen) atoms. The first kappa shape index (κ1) is 17.7. The monoisotopic (exact) mass is 436 g/mol. The molecule has 0 saturated carbocycles. The van der Waals surface area contributed by atoms with Crippen LogP contribution in [-0.4, -0.2) is 0 Å². The molecule has 6 aromatic carbocycles. The van der Waals surface area contributed by atoms with Crippen molar-refractivity contribution in [3.05, 3.63) is 121 Å². The van der Waals surface area contributed by atoms with Gasteiger partial charge in [-0.05, 0) is 56.4 Å². The van der Waals surface area contributed by atoms with E-state index in [2.05, 4.69) is 121 Å². The molecule has 0 bridgehead atoms. The van der Waals surface area contributed by atoms with E-state index in [4.69, 9.17) is 0 Å². The van der Waals surface area contributed by atoms with E-state index in [1.165, 1.54) is 63.4 Å². The lowest BCUT2D eigenvalue weighted by atomic mass is 9.93.